The molecule has 1 aliphatic heterocycles. The molecule has 5 rings (SSSR count). The summed E-state index contributed by atoms with van der Waals surface area (Å²) in [5.41, 5.74) is 2.23. The summed E-state index contributed by atoms with van der Waals surface area (Å²) in [5.74, 6) is 0.128. The third-order valence-electron chi connectivity index (χ3n) is 9.07. The van der Waals surface area contributed by atoms with E-state index < -0.39 is 17.2 Å². The van der Waals surface area contributed by atoms with Gasteiger partial charge in [0.15, 0.2) is 0 Å². The van der Waals surface area contributed by atoms with E-state index in [0.717, 1.165) is 57.3 Å². The zero-order valence-electron chi connectivity index (χ0n) is 21.1. The van der Waals surface area contributed by atoms with Gasteiger partial charge in [-0.05, 0) is 79.9 Å². The number of benzene rings is 2. The van der Waals surface area contributed by atoms with Crippen LogP contribution in [0.1, 0.15) is 68.2 Å². The number of fused-ring (bicyclic) bond motifs is 2. The maximum absolute atomic E-state index is 13.5. The maximum Gasteiger partial charge on any atom is 0.416 e. The minimum atomic E-state index is -4.39. The Kier molecular flexibility index (Phi) is 6.52. The van der Waals surface area contributed by atoms with Crippen molar-refractivity contribution >= 4 is 12.0 Å². The molecule has 1 amide bonds. The Labute approximate surface area is 211 Å². The van der Waals surface area contributed by atoms with Gasteiger partial charge in [-0.25, -0.2) is 0 Å². The second-order valence-corrected chi connectivity index (χ2v) is 11.2. The third kappa shape index (κ3) is 4.49. The van der Waals surface area contributed by atoms with Crippen molar-refractivity contribution in [2.24, 2.45) is 11.3 Å². The van der Waals surface area contributed by atoms with Crippen molar-refractivity contribution in [2.75, 3.05) is 13.1 Å². The first-order chi connectivity index (χ1) is 17.1. The zero-order chi connectivity index (χ0) is 25.6. The molecule has 2 aliphatic carbocycles. The molecule has 1 unspecified atom stereocenters. The molecule has 0 aromatic heterocycles. The Morgan fingerprint density at radius 2 is 1.83 bits per heavy atom. The number of hydrogen-bond donors (Lipinski definition) is 1. The number of nitrogens with one attached hydrogen (secondary N) is 1. The summed E-state index contributed by atoms with van der Waals surface area (Å²) < 4.78 is 39.2. The van der Waals surface area contributed by atoms with Gasteiger partial charge in [0.1, 0.15) is 0 Å². The number of nitrogens with zero attached hydrogens (tertiary/aromatic N) is 1. The van der Waals surface area contributed by atoms with E-state index in [1.54, 1.807) is 6.07 Å². The molecular weight excluding hydrogens is 461 g/mol. The minimum Gasteiger partial charge on any atom is -0.352 e. The second kappa shape index (κ2) is 9.37. The van der Waals surface area contributed by atoms with Crippen LogP contribution in [0.5, 0.6) is 0 Å². The van der Waals surface area contributed by atoms with Crippen molar-refractivity contribution in [3.63, 3.8) is 0 Å². The average molecular weight is 497 g/mol. The molecule has 36 heavy (non-hydrogen) atoms. The van der Waals surface area contributed by atoms with E-state index in [9.17, 15) is 18.0 Å². The molecule has 1 heterocycles. The highest BCUT2D eigenvalue weighted by Gasteiger charge is 2.50. The summed E-state index contributed by atoms with van der Waals surface area (Å²) in [4.78, 5) is 16.0. The molecule has 2 fully saturated rings. The van der Waals surface area contributed by atoms with Crippen LogP contribution in [0.25, 0.3) is 6.08 Å². The summed E-state index contributed by atoms with van der Waals surface area (Å²) in [5, 5.41) is 2.98. The van der Waals surface area contributed by atoms with E-state index in [2.05, 4.69) is 60.5 Å². The van der Waals surface area contributed by atoms with Crippen LogP contribution in [0, 0.1) is 11.3 Å². The summed E-state index contributed by atoms with van der Waals surface area (Å²) in [6, 6.07) is 14.3. The number of carbonyl (C=O) groups is 1. The standard InChI is InChI=1S/C30H35F3N2O/c1-21(2)29(27(36)34-20-22-6-5-8-24(18-22)30(31,32)33)13-11-25(19-29)35-16-14-28(15-17-35)12-10-23-7-3-4-9-26(23)28/h3-10,12,18,21,25H,11,13-17,19-20H2,1-2H3,(H,34,36)/t25?,29-/m1/s1. The molecule has 192 valence electrons. The van der Waals surface area contributed by atoms with E-state index >= 15 is 0 Å². The van der Waals surface area contributed by atoms with Crippen molar-refractivity contribution in [3.05, 3.63) is 76.9 Å². The smallest absolute Gasteiger partial charge is 0.352 e. The number of amides is 1. The summed E-state index contributed by atoms with van der Waals surface area (Å²) >= 11 is 0. The van der Waals surface area contributed by atoms with Crippen LogP contribution in [0.3, 0.4) is 0 Å². The van der Waals surface area contributed by atoms with Gasteiger partial charge < -0.3 is 10.2 Å². The number of alkyl halides is 3. The fourth-order valence-corrected chi connectivity index (χ4v) is 6.73. The number of carbonyl (C=O) groups excluding carboxylic acids is 1. The van der Waals surface area contributed by atoms with Gasteiger partial charge in [0.2, 0.25) is 5.91 Å². The van der Waals surface area contributed by atoms with E-state index in [0.29, 0.717) is 11.6 Å². The van der Waals surface area contributed by atoms with E-state index in [4.69, 9.17) is 0 Å². The number of hydrogen-bond acceptors (Lipinski definition) is 2. The minimum absolute atomic E-state index is 0.0291. The van der Waals surface area contributed by atoms with Crippen LogP contribution in [0.15, 0.2) is 54.6 Å². The molecule has 0 radical (unpaired) electrons. The number of piperidine rings is 1. The molecule has 2 aromatic rings. The maximum atomic E-state index is 13.5. The molecule has 3 aliphatic rings. The molecule has 0 bridgehead atoms. The second-order valence-electron chi connectivity index (χ2n) is 11.2. The highest BCUT2D eigenvalue weighted by molar-refractivity contribution is 5.83. The Morgan fingerprint density at radius 1 is 1.08 bits per heavy atom. The Balaban J connectivity index is 1.22. The molecule has 2 atom stereocenters. The van der Waals surface area contributed by atoms with Crippen LogP contribution in [-0.2, 0) is 22.9 Å². The van der Waals surface area contributed by atoms with E-state index in [-0.39, 0.29) is 23.8 Å². The topological polar surface area (TPSA) is 32.3 Å². The van der Waals surface area contributed by atoms with Crippen LogP contribution in [0.4, 0.5) is 13.2 Å². The molecule has 6 heteroatoms. The lowest BCUT2D eigenvalue weighted by Gasteiger charge is -2.42. The molecule has 1 saturated heterocycles. The molecule has 2 aromatic carbocycles. The molecule has 1 spiro atoms. The molecule has 3 nitrogen and oxygen atoms in total. The highest BCUT2D eigenvalue weighted by Crippen LogP contribution is 2.49. The molecule has 1 N–H and O–H groups in total. The van der Waals surface area contributed by atoms with Gasteiger partial charge in [-0.2, -0.15) is 13.2 Å². The van der Waals surface area contributed by atoms with Crippen molar-refractivity contribution in [1.82, 2.24) is 10.2 Å². The van der Waals surface area contributed by atoms with Crippen molar-refractivity contribution in [1.29, 1.82) is 0 Å². The molecular formula is C30H35F3N2O. The summed E-state index contributed by atoms with van der Waals surface area (Å²) in [7, 11) is 0. The van der Waals surface area contributed by atoms with Crippen LogP contribution >= 0.6 is 0 Å². The predicted octanol–water partition coefficient (Wildman–Crippen LogP) is 6.58. The molecule has 1 saturated carbocycles. The SMILES string of the molecule is CC(C)[C@@]1(C(=O)NCc2cccc(C(F)(F)F)c2)CCC(N2CCC3(C=Cc4ccccc43)CC2)C1. The van der Waals surface area contributed by atoms with Gasteiger partial charge in [0, 0.05) is 18.0 Å². The van der Waals surface area contributed by atoms with Crippen LogP contribution in [-0.4, -0.2) is 29.9 Å². The van der Waals surface area contributed by atoms with Crippen LogP contribution in [0.2, 0.25) is 0 Å². The zero-order valence-corrected chi connectivity index (χ0v) is 21.1. The summed E-state index contributed by atoms with van der Waals surface area (Å²) in [6.07, 6.45) is 5.05. The van der Waals surface area contributed by atoms with Gasteiger partial charge in [0.05, 0.1) is 11.0 Å². The monoisotopic (exact) mass is 496 g/mol. The van der Waals surface area contributed by atoms with Crippen molar-refractivity contribution < 1.29 is 18.0 Å². The lowest BCUT2D eigenvalue weighted by molar-refractivity contribution is -0.137. The van der Waals surface area contributed by atoms with Gasteiger partial charge in [0.25, 0.3) is 0 Å². The fraction of sp³-hybridized carbons (Fsp3) is 0.500. The van der Waals surface area contributed by atoms with Gasteiger partial charge in [-0.3, -0.25) is 4.79 Å². The number of rotatable bonds is 5. The quantitative estimate of drug-likeness (QED) is 0.507. The normalized spacial score (nSPS) is 25.4. The first-order valence-corrected chi connectivity index (χ1v) is 13.1. The predicted molar refractivity (Wildman–Crippen MR) is 136 cm³/mol. The fourth-order valence-electron chi connectivity index (χ4n) is 6.73. The first kappa shape index (κ1) is 25.1. The third-order valence-corrected chi connectivity index (χ3v) is 9.07. The average Bonchev–Trinajstić information content (AvgIpc) is 3.47. The summed E-state index contributed by atoms with van der Waals surface area (Å²) in [6.45, 7) is 6.34. The first-order valence-electron chi connectivity index (χ1n) is 13.1. The Hall–Kier alpha value is -2.60. The largest absolute Gasteiger partial charge is 0.416 e. The highest BCUT2D eigenvalue weighted by atomic mass is 19.4. The van der Waals surface area contributed by atoms with E-state index in [1.165, 1.54) is 17.2 Å². The van der Waals surface area contributed by atoms with Crippen molar-refractivity contribution in [3.8, 4) is 0 Å². The Bertz CT molecular complexity index is 1150. The number of halogens is 3. The number of allylic oxidation sites excluding steroid dienone is 1. The van der Waals surface area contributed by atoms with Gasteiger partial charge in [-0.1, -0.05) is 62.4 Å². The number of likely N-dealkylation sites (tertiary alicyclic amines) is 1. The lowest BCUT2D eigenvalue weighted by Crippen LogP contribution is -2.47. The van der Waals surface area contributed by atoms with Gasteiger partial charge >= 0.3 is 6.18 Å². The lowest BCUT2D eigenvalue weighted by atomic mass is 9.73. The van der Waals surface area contributed by atoms with Gasteiger partial charge in [-0.15, -0.1) is 0 Å². The van der Waals surface area contributed by atoms with Crippen LogP contribution < -0.4 is 5.32 Å². The van der Waals surface area contributed by atoms with E-state index in [1.807, 2.05) is 0 Å². The van der Waals surface area contributed by atoms with Crippen molar-refractivity contribution in [2.45, 2.75) is 70.1 Å². The Morgan fingerprint density at radius 3 is 2.56 bits per heavy atom.